The van der Waals surface area contributed by atoms with Gasteiger partial charge in [-0.1, -0.05) is 18.2 Å². The van der Waals surface area contributed by atoms with Gasteiger partial charge in [0.05, 0.1) is 29.5 Å². The lowest BCUT2D eigenvalue weighted by Gasteiger charge is -2.35. The summed E-state index contributed by atoms with van der Waals surface area (Å²) in [6, 6.07) is 11.9. The number of carbonyl (C=O) groups excluding carboxylic acids is 1. The van der Waals surface area contributed by atoms with Crippen LogP contribution in [0.2, 0.25) is 0 Å². The minimum Gasteiger partial charge on any atom is -0.495 e. The summed E-state index contributed by atoms with van der Waals surface area (Å²) >= 11 is 0. The number of nitrogens with zero attached hydrogens (tertiary/aromatic N) is 3. The van der Waals surface area contributed by atoms with E-state index < -0.39 is 17.2 Å². The number of likely N-dealkylation sites (tertiary alicyclic amines) is 1. The zero-order valence-electron chi connectivity index (χ0n) is 24.7. The third-order valence-corrected chi connectivity index (χ3v) is 8.60. The number of rotatable bonds is 8. The third-order valence-electron chi connectivity index (χ3n) is 8.60. The number of ether oxygens (including phenoxy) is 1. The molecule has 0 spiro atoms. The Labute approximate surface area is 244 Å². The lowest BCUT2D eigenvalue weighted by Crippen LogP contribution is -2.37. The van der Waals surface area contributed by atoms with Gasteiger partial charge in [0.1, 0.15) is 5.75 Å². The summed E-state index contributed by atoms with van der Waals surface area (Å²) in [6.45, 7) is 10.2. The summed E-state index contributed by atoms with van der Waals surface area (Å²) in [5, 5.41) is 5.95. The normalized spacial score (nSPS) is 17.3. The molecule has 2 aliphatic rings. The lowest BCUT2D eigenvalue weighted by molar-refractivity contribution is -0.138. The lowest BCUT2D eigenvalue weighted by atomic mass is 9.82. The molecule has 1 saturated heterocycles. The molecule has 1 amide bonds. The maximum atomic E-state index is 14.0. The van der Waals surface area contributed by atoms with Gasteiger partial charge >= 0.3 is 6.18 Å². The number of aryl methyl sites for hydroxylation is 2. The molecule has 0 atom stereocenters. The summed E-state index contributed by atoms with van der Waals surface area (Å²) in [5.41, 5.74) is 2.34. The van der Waals surface area contributed by atoms with E-state index in [1.165, 1.54) is 5.56 Å². The van der Waals surface area contributed by atoms with Crippen molar-refractivity contribution >= 4 is 23.2 Å². The van der Waals surface area contributed by atoms with Gasteiger partial charge in [-0.15, -0.1) is 0 Å². The van der Waals surface area contributed by atoms with Crippen molar-refractivity contribution in [3.8, 4) is 5.75 Å². The van der Waals surface area contributed by atoms with Gasteiger partial charge < -0.3 is 20.3 Å². The highest BCUT2D eigenvalue weighted by atomic mass is 19.4. The van der Waals surface area contributed by atoms with Crippen LogP contribution in [-0.4, -0.2) is 47.0 Å². The summed E-state index contributed by atoms with van der Waals surface area (Å²) in [7, 11) is 1.57. The standard InChI is InChI=1S/C32H38F3N5O2/c1-19(2)40-15-13-20(14-16-40)22-10-12-25(27(17-22)42-5)39-30-36-18-23(32(33,34)35)24(38-30)11-9-21-7-6-8-26-28(21)31(3,4)29(41)37-26/h6-8,10,12,17-20H,9,11,13-16H2,1-5H3,(H,37,41)(H,36,38,39). The Hall–Kier alpha value is -3.66. The summed E-state index contributed by atoms with van der Waals surface area (Å²) in [5.74, 6) is 0.940. The van der Waals surface area contributed by atoms with Gasteiger partial charge in [-0.05, 0) is 107 Å². The zero-order valence-corrected chi connectivity index (χ0v) is 24.7. The topological polar surface area (TPSA) is 79.4 Å². The Bertz CT molecular complexity index is 1460. The molecular formula is C32H38F3N5O2. The molecule has 0 radical (unpaired) electrons. The Balaban J connectivity index is 1.37. The minimum absolute atomic E-state index is 0.0257. The highest BCUT2D eigenvalue weighted by molar-refractivity contribution is 6.06. The number of amides is 1. The second kappa shape index (κ2) is 11.6. The quantitative estimate of drug-likeness (QED) is 0.303. The van der Waals surface area contributed by atoms with Gasteiger partial charge in [0.15, 0.2) is 0 Å². The first-order valence-corrected chi connectivity index (χ1v) is 14.4. The van der Waals surface area contributed by atoms with Crippen LogP contribution in [0.4, 0.5) is 30.5 Å². The second-order valence-electron chi connectivity index (χ2n) is 12.0. The molecule has 0 aliphatic carbocycles. The van der Waals surface area contributed by atoms with Crippen molar-refractivity contribution in [2.24, 2.45) is 0 Å². The number of halogens is 3. The molecule has 2 N–H and O–H groups in total. The van der Waals surface area contributed by atoms with Gasteiger partial charge in [-0.3, -0.25) is 4.79 Å². The van der Waals surface area contributed by atoms with E-state index in [0.29, 0.717) is 29.1 Å². The number of carbonyl (C=O) groups is 1. The van der Waals surface area contributed by atoms with Crippen LogP contribution in [0.5, 0.6) is 5.75 Å². The molecule has 2 aromatic carbocycles. The summed E-state index contributed by atoms with van der Waals surface area (Å²) < 4.78 is 47.5. The first-order valence-electron chi connectivity index (χ1n) is 14.4. The molecule has 0 bridgehead atoms. The molecule has 7 nitrogen and oxygen atoms in total. The van der Waals surface area contributed by atoms with Gasteiger partial charge in [0, 0.05) is 17.9 Å². The van der Waals surface area contributed by atoms with Crippen molar-refractivity contribution < 1.29 is 22.7 Å². The Morgan fingerprint density at radius 1 is 1.14 bits per heavy atom. The second-order valence-corrected chi connectivity index (χ2v) is 12.0. The number of hydrogen-bond acceptors (Lipinski definition) is 6. The van der Waals surface area contributed by atoms with Crippen molar-refractivity contribution in [3.05, 3.63) is 70.5 Å². The molecule has 42 heavy (non-hydrogen) atoms. The maximum absolute atomic E-state index is 14.0. The van der Waals surface area contributed by atoms with Crippen molar-refractivity contribution in [2.45, 2.75) is 76.9 Å². The number of nitrogens with one attached hydrogen (secondary N) is 2. The van der Waals surface area contributed by atoms with Crippen molar-refractivity contribution in [1.29, 1.82) is 0 Å². The number of hydrogen-bond donors (Lipinski definition) is 2. The van der Waals surface area contributed by atoms with Crippen molar-refractivity contribution in [1.82, 2.24) is 14.9 Å². The van der Waals surface area contributed by atoms with Crippen LogP contribution in [0.3, 0.4) is 0 Å². The number of benzene rings is 2. The van der Waals surface area contributed by atoms with Crippen LogP contribution in [0, 0.1) is 0 Å². The highest BCUT2D eigenvalue weighted by Gasteiger charge is 2.40. The minimum atomic E-state index is -4.60. The molecule has 5 rings (SSSR count). The number of aromatic nitrogens is 2. The average Bonchev–Trinajstić information content (AvgIpc) is 3.19. The van der Waals surface area contributed by atoms with Crippen LogP contribution in [0.15, 0.2) is 42.6 Å². The molecule has 0 unspecified atom stereocenters. The predicted octanol–water partition coefficient (Wildman–Crippen LogP) is 6.85. The number of alkyl halides is 3. The van der Waals surface area contributed by atoms with Gasteiger partial charge in [0.2, 0.25) is 11.9 Å². The Morgan fingerprint density at radius 3 is 2.55 bits per heavy atom. The number of piperidine rings is 1. The fourth-order valence-electron chi connectivity index (χ4n) is 6.14. The smallest absolute Gasteiger partial charge is 0.419 e. The van der Waals surface area contributed by atoms with Gasteiger partial charge in [-0.2, -0.15) is 13.2 Å². The van der Waals surface area contributed by atoms with E-state index >= 15 is 0 Å². The van der Waals surface area contributed by atoms with E-state index in [4.69, 9.17) is 4.74 Å². The van der Waals surface area contributed by atoms with Crippen LogP contribution in [0.25, 0.3) is 0 Å². The third kappa shape index (κ3) is 5.95. The van der Waals surface area contributed by atoms with E-state index in [1.807, 2.05) is 44.2 Å². The first-order chi connectivity index (χ1) is 19.9. The molecular weight excluding hydrogens is 543 g/mol. The van der Waals surface area contributed by atoms with Crippen molar-refractivity contribution in [3.63, 3.8) is 0 Å². The molecule has 3 aromatic rings. The Morgan fingerprint density at radius 2 is 1.88 bits per heavy atom. The van der Waals surface area contributed by atoms with E-state index in [2.05, 4.69) is 39.3 Å². The molecule has 1 aromatic heterocycles. The summed E-state index contributed by atoms with van der Waals surface area (Å²) in [6.07, 6.45) is -1.34. The molecule has 2 aliphatic heterocycles. The fourth-order valence-corrected chi connectivity index (χ4v) is 6.14. The first kappa shape index (κ1) is 29.8. The number of anilines is 3. The number of methoxy groups -OCH3 is 1. The van der Waals surface area contributed by atoms with Gasteiger partial charge in [-0.25, -0.2) is 9.97 Å². The monoisotopic (exact) mass is 581 g/mol. The van der Waals surface area contributed by atoms with E-state index in [0.717, 1.165) is 43.3 Å². The summed E-state index contributed by atoms with van der Waals surface area (Å²) in [4.78, 5) is 23.3. The molecule has 0 saturated carbocycles. The SMILES string of the molecule is COc1cc(C2CCN(C(C)C)CC2)ccc1Nc1ncc(C(F)(F)F)c(CCc2cccc3c2C(C)(C)C(=O)N3)n1. The van der Waals surface area contributed by atoms with Crippen LogP contribution >= 0.6 is 0 Å². The average molecular weight is 582 g/mol. The fraction of sp³-hybridized carbons (Fsp3) is 0.469. The van der Waals surface area contributed by atoms with Crippen molar-refractivity contribution in [2.75, 3.05) is 30.8 Å². The predicted molar refractivity (Wildman–Crippen MR) is 158 cm³/mol. The van der Waals surface area contributed by atoms with Crippen LogP contribution < -0.4 is 15.4 Å². The molecule has 1 fully saturated rings. The highest BCUT2D eigenvalue weighted by Crippen LogP contribution is 2.41. The Kier molecular flexibility index (Phi) is 8.20. The largest absolute Gasteiger partial charge is 0.495 e. The number of fused-ring (bicyclic) bond motifs is 1. The van der Waals surface area contributed by atoms with E-state index in [9.17, 15) is 18.0 Å². The zero-order chi connectivity index (χ0) is 30.2. The van der Waals surface area contributed by atoms with E-state index in [1.54, 1.807) is 13.2 Å². The molecule has 224 valence electrons. The van der Waals surface area contributed by atoms with Crippen LogP contribution in [-0.2, 0) is 29.2 Å². The maximum Gasteiger partial charge on any atom is 0.419 e. The van der Waals surface area contributed by atoms with Crippen LogP contribution in [0.1, 0.15) is 74.4 Å². The molecule has 10 heteroatoms. The van der Waals surface area contributed by atoms with E-state index in [-0.39, 0.29) is 30.4 Å². The van der Waals surface area contributed by atoms with Gasteiger partial charge in [0.25, 0.3) is 0 Å². The molecule has 3 heterocycles.